The van der Waals surface area contributed by atoms with Crippen LogP contribution < -0.4 is 10.0 Å². The Labute approximate surface area is 215 Å². The van der Waals surface area contributed by atoms with Crippen molar-refractivity contribution < 1.29 is 14.5 Å². The molecule has 0 saturated carbocycles. The van der Waals surface area contributed by atoms with E-state index in [2.05, 4.69) is 0 Å². The topological polar surface area (TPSA) is 83.8 Å². The smallest absolute Gasteiger partial charge is 0.262 e. The predicted octanol–water partition coefficient (Wildman–Crippen LogP) is 6.18. The maximum absolute atomic E-state index is 14.5. The van der Waals surface area contributed by atoms with Gasteiger partial charge in [0.2, 0.25) is 6.54 Å². The number of amides is 2. The van der Waals surface area contributed by atoms with Crippen LogP contribution in [0.25, 0.3) is 0 Å². The number of carbonyl (C=O) groups excluding carboxylic acids is 2. The molecule has 0 bridgehead atoms. The van der Waals surface area contributed by atoms with Crippen molar-refractivity contribution in [1.29, 1.82) is 0 Å². The number of benzene rings is 3. The zero-order valence-electron chi connectivity index (χ0n) is 20.3. The summed E-state index contributed by atoms with van der Waals surface area (Å²) in [6.45, 7) is 3.21. The third-order valence-electron chi connectivity index (χ3n) is 6.81. The van der Waals surface area contributed by atoms with Crippen LogP contribution in [0, 0.1) is 22.5 Å². The van der Waals surface area contributed by atoms with Crippen molar-refractivity contribution in [2.75, 3.05) is 16.6 Å². The molecule has 3 aromatic rings. The van der Waals surface area contributed by atoms with Gasteiger partial charge in [-0.05, 0) is 60.9 Å². The first-order valence-corrected chi connectivity index (χ1v) is 12.4. The Bertz CT molecular complexity index is 1210. The van der Waals surface area contributed by atoms with Gasteiger partial charge < -0.3 is 0 Å². The number of hydrazine groups is 1. The lowest BCUT2D eigenvalue weighted by atomic mass is 9.67. The standard InChI is InChI=1S/C28H28ClN3O4/c1-3-4-17-28(25(19-30(35)36)24-16-15-21(29)18-20(24)2)26(33)31(22-11-7-5-8-12-22)32(27(28)34)23-13-9-6-10-14-23/h5-16,18,25H,3-4,17,19H2,1-2H3/t25-/m1/s1. The van der Waals surface area contributed by atoms with Gasteiger partial charge in [0, 0.05) is 9.95 Å². The molecule has 1 aliphatic rings. The van der Waals surface area contributed by atoms with Gasteiger partial charge in [0.05, 0.1) is 17.3 Å². The lowest BCUT2D eigenvalue weighted by molar-refractivity contribution is -0.485. The Morgan fingerprint density at radius 2 is 1.44 bits per heavy atom. The molecule has 1 fully saturated rings. The number of rotatable bonds is 9. The van der Waals surface area contributed by atoms with Crippen molar-refractivity contribution >= 4 is 34.8 Å². The van der Waals surface area contributed by atoms with Gasteiger partial charge in [0.25, 0.3) is 11.8 Å². The molecule has 186 valence electrons. The normalized spacial score (nSPS) is 15.9. The molecule has 0 aliphatic carbocycles. The molecule has 0 N–H and O–H groups in total. The first-order valence-electron chi connectivity index (χ1n) is 12.0. The lowest BCUT2D eigenvalue weighted by Gasteiger charge is -2.32. The van der Waals surface area contributed by atoms with E-state index >= 15 is 0 Å². The molecule has 0 spiro atoms. The minimum Gasteiger partial charge on any atom is -0.271 e. The van der Waals surface area contributed by atoms with Gasteiger partial charge in [0.15, 0.2) is 0 Å². The van der Waals surface area contributed by atoms with Crippen molar-refractivity contribution in [2.24, 2.45) is 5.41 Å². The second-order valence-corrected chi connectivity index (χ2v) is 9.49. The number of halogens is 1. The summed E-state index contributed by atoms with van der Waals surface area (Å²) in [4.78, 5) is 40.6. The Hall–Kier alpha value is -3.71. The first-order chi connectivity index (χ1) is 17.3. The van der Waals surface area contributed by atoms with Gasteiger partial charge in [-0.1, -0.05) is 73.8 Å². The lowest BCUT2D eigenvalue weighted by Crippen LogP contribution is -2.45. The van der Waals surface area contributed by atoms with E-state index in [-0.39, 0.29) is 6.42 Å². The fourth-order valence-electron chi connectivity index (χ4n) is 5.10. The molecule has 8 heteroatoms. The number of aryl methyl sites for hydroxylation is 1. The third kappa shape index (κ3) is 4.46. The van der Waals surface area contributed by atoms with E-state index in [9.17, 15) is 19.7 Å². The summed E-state index contributed by atoms with van der Waals surface area (Å²) >= 11 is 6.18. The number of anilines is 2. The van der Waals surface area contributed by atoms with Gasteiger partial charge in [-0.25, -0.2) is 10.0 Å². The Morgan fingerprint density at radius 1 is 0.917 bits per heavy atom. The average Bonchev–Trinajstić information content (AvgIpc) is 3.09. The molecule has 0 aromatic heterocycles. The largest absolute Gasteiger partial charge is 0.271 e. The average molecular weight is 506 g/mol. The quantitative estimate of drug-likeness (QED) is 0.197. The molecule has 2 amide bonds. The van der Waals surface area contributed by atoms with E-state index in [1.54, 1.807) is 73.7 Å². The van der Waals surface area contributed by atoms with E-state index < -0.39 is 34.6 Å². The maximum atomic E-state index is 14.5. The van der Waals surface area contributed by atoms with Crippen molar-refractivity contribution in [2.45, 2.75) is 39.0 Å². The van der Waals surface area contributed by atoms with E-state index in [4.69, 9.17) is 11.6 Å². The van der Waals surface area contributed by atoms with Gasteiger partial charge >= 0.3 is 0 Å². The number of unbranched alkanes of at least 4 members (excludes halogenated alkanes) is 1. The molecule has 1 atom stereocenters. The Morgan fingerprint density at radius 3 is 1.89 bits per heavy atom. The molecule has 3 aromatic carbocycles. The highest BCUT2D eigenvalue weighted by Crippen LogP contribution is 2.51. The summed E-state index contributed by atoms with van der Waals surface area (Å²) in [6, 6.07) is 22.9. The van der Waals surface area contributed by atoms with Crippen LogP contribution >= 0.6 is 11.6 Å². The molecule has 4 rings (SSSR count). The Balaban J connectivity index is 1.99. The number of carbonyl (C=O) groups is 2. The van der Waals surface area contributed by atoms with Crippen LogP contribution in [0.4, 0.5) is 11.4 Å². The zero-order chi connectivity index (χ0) is 25.9. The third-order valence-corrected chi connectivity index (χ3v) is 7.04. The van der Waals surface area contributed by atoms with E-state index in [0.717, 1.165) is 6.42 Å². The van der Waals surface area contributed by atoms with Crippen molar-refractivity contribution in [3.63, 3.8) is 0 Å². The minimum atomic E-state index is -1.66. The summed E-state index contributed by atoms with van der Waals surface area (Å²) in [5, 5.41) is 15.2. The SMILES string of the molecule is CCCCC1([C@H](C[N+](=O)[O-])c2ccc(Cl)cc2C)C(=O)N(c2ccccc2)N(c2ccccc2)C1=O. The van der Waals surface area contributed by atoms with Crippen molar-refractivity contribution in [3.8, 4) is 0 Å². The van der Waals surface area contributed by atoms with Crippen LogP contribution in [0.15, 0.2) is 78.9 Å². The molecule has 7 nitrogen and oxygen atoms in total. The summed E-state index contributed by atoms with van der Waals surface area (Å²) in [5.41, 5.74) is 0.663. The van der Waals surface area contributed by atoms with E-state index in [1.807, 2.05) is 19.1 Å². The molecule has 0 unspecified atom stereocenters. The van der Waals surface area contributed by atoms with Crippen LogP contribution in [0.1, 0.15) is 43.2 Å². The van der Waals surface area contributed by atoms with Crippen molar-refractivity contribution in [1.82, 2.24) is 0 Å². The van der Waals surface area contributed by atoms with Crippen molar-refractivity contribution in [3.05, 3.63) is 105 Å². The molecule has 1 heterocycles. The molecule has 1 aliphatic heterocycles. The molecular weight excluding hydrogens is 478 g/mol. The highest BCUT2D eigenvalue weighted by atomic mass is 35.5. The summed E-state index contributed by atoms with van der Waals surface area (Å²) in [7, 11) is 0. The predicted molar refractivity (Wildman–Crippen MR) is 141 cm³/mol. The Kier molecular flexibility index (Phi) is 7.40. The highest BCUT2D eigenvalue weighted by molar-refractivity contribution is 6.30. The molecule has 1 saturated heterocycles. The fraction of sp³-hybridized carbons (Fsp3) is 0.286. The second-order valence-electron chi connectivity index (χ2n) is 9.05. The number of para-hydroxylation sites is 2. The first kappa shape index (κ1) is 25.4. The highest BCUT2D eigenvalue weighted by Gasteiger charge is 2.64. The van der Waals surface area contributed by atoms with Gasteiger partial charge in [0.1, 0.15) is 5.41 Å². The number of hydrogen-bond acceptors (Lipinski definition) is 4. The van der Waals surface area contributed by atoms with Gasteiger partial charge in [-0.15, -0.1) is 0 Å². The second kappa shape index (κ2) is 10.5. The van der Waals surface area contributed by atoms with E-state index in [0.29, 0.717) is 33.9 Å². The van der Waals surface area contributed by atoms with Crippen LogP contribution in [0.2, 0.25) is 5.02 Å². The summed E-state index contributed by atoms with van der Waals surface area (Å²) in [5.74, 6) is -1.90. The monoisotopic (exact) mass is 505 g/mol. The van der Waals surface area contributed by atoms with Gasteiger partial charge in [-0.3, -0.25) is 19.7 Å². The fourth-order valence-corrected chi connectivity index (χ4v) is 5.32. The van der Waals surface area contributed by atoms with Gasteiger partial charge in [-0.2, -0.15) is 0 Å². The number of hydrogen-bond donors (Lipinski definition) is 0. The summed E-state index contributed by atoms with van der Waals surface area (Å²) < 4.78 is 0. The van der Waals surface area contributed by atoms with E-state index in [1.165, 1.54) is 10.0 Å². The molecule has 36 heavy (non-hydrogen) atoms. The number of nitrogens with zero attached hydrogens (tertiary/aromatic N) is 3. The minimum absolute atomic E-state index is 0.189. The zero-order valence-corrected chi connectivity index (χ0v) is 21.0. The summed E-state index contributed by atoms with van der Waals surface area (Å²) in [6.07, 6.45) is 1.47. The maximum Gasteiger partial charge on any atom is 0.262 e. The van der Waals surface area contributed by atoms with Crippen LogP contribution in [-0.4, -0.2) is 23.3 Å². The number of nitro groups is 1. The van der Waals surface area contributed by atoms with Crippen LogP contribution in [0.5, 0.6) is 0 Å². The van der Waals surface area contributed by atoms with Crippen LogP contribution in [0.3, 0.4) is 0 Å². The molecule has 0 radical (unpaired) electrons. The van der Waals surface area contributed by atoms with Crippen LogP contribution in [-0.2, 0) is 9.59 Å². The molecular formula is C28H28ClN3O4.